The Balaban J connectivity index is 2.05. The molecule has 0 unspecified atom stereocenters. The zero-order valence-corrected chi connectivity index (χ0v) is 14.4. The van der Waals surface area contributed by atoms with Gasteiger partial charge in [0.2, 0.25) is 0 Å². The number of hydrogen-bond donors (Lipinski definition) is 1. The van der Waals surface area contributed by atoms with Crippen molar-refractivity contribution in [3.05, 3.63) is 36.6 Å². The number of aryl methyl sites for hydroxylation is 1. The Bertz CT molecular complexity index is 671. The zero-order valence-electron chi connectivity index (χ0n) is 11.4. The normalized spacial score (nSPS) is 15.9. The summed E-state index contributed by atoms with van der Waals surface area (Å²) in [7, 11) is 0. The fraction of sp³-hybridized carbons (Fsp3) is 0.467. The van der Waals surface area contributed by atoms with Crippen LogP contribution in [0.2, 0.25) is 0 Å². The van der Waals surface area contributed by atoms with Crippen LogP contribution in [0.1, 0.15) is 49.1 Å². The summed E-state index contributed by atoms with van der Waals surface area (Å²) in [5, 5.41) is 0. The van der Waals surface area contributed by atoms with Gasteiger partial charge in [-0.1, -0.05) is 19.8 Å². The first-order chi connectivity index (χ1) is 9.69. The van der Waals surface area contributed by atoms with Gasteiger partial charge in [-0.15, -0.1) is 11.3 Å². The molecule has 106 valence electrons. The molecule has 2 aromatic heterocycles. The number of aromatic nitrogens is 2. The fourth-order valence-electron chi connectivity index (χ4n) is 2.76. The molecule has 0 radical (unpaired) electrons. The molecule has 1 fully saturated rings. The summed E-state index contributed by atoms with van der Waals surface area (Å²) in [5.41, 5.74) is 1.01. The van der Waals surface area contributed by atoms with E-state index in [4.69, 9.17) is 4.98 Å². The van der Waals surface area contributed by atoms with Crippen LogP contribution in [0.15, 0.2) is 16.9 Å². The Labute approximate surface area is 136 Å². The number of halogens is 1. The molecule has 1 aliphatic carbocycles. The molecule has 0 bridgehead atoms. The van der Waals surface area contributed by atoms with Crippen LogP contribution in [0.4, 0.5) is 0 Å². The first-order valence-corrected chi connectivity index (χ1v) is 8.97. The predicted molar refractivity (Wildman–Crippen MR) is 91.5 cm³/mol. The molecule has 5 heteroatoms. The van der Waals surface area contributed by atoms with Crippen molar-refractivity contribution in [2.24, 2.45) is 0 Å². The van der Waals surface area contributed by atoms with Crippen LogP contribution in [-0.2, 0) is 6.42 Å². The molecular weight excluding hydrogens is 383 g/mol. The van der Waals surface area contributed by atoms with E-state index in [1.54, 1.807) is 11.3 Å². The number of hydrogen-bond acceptors (Lipinski definition) is 3. The number of rotatable bonds is 3. The van der Waals surface area contributed by atoms with Gasteiger partial charge < -0.3 is 4.98 Å². The van der Waals surface area contributed by atoms with Crippen LogP contribution in [0.3, 0.4) is 0 Å². The van der Waals surface area contributed by atoms with E-state index < -0.39 is 0 Å². The minimum atomic E-state index is 0.00366. The molecule has 0 aliphatic heterocycles. The van der Waals surface area contributed by atoms with Crippen molar-refractivity contribution in [3.8, 4) is 10.7 Å². The van der Waals surface area contributed by atoms with Crippen LogP contribution < -0.4 is 5.56 Å². The number of aromatic amines is 1. The summed E-state index contributed by atoms with van der Waals surface area (Å²) in [6.07, 6.45) is 5.86. The van der Waals surface area contributed by atoms with Crippen molar-refractivity contribution in [1.29, 1.82) is 0 Å². The molecule has 1 saturated carbocycles. The highest BCUT2D eigenvalue weighted by atomic mass is 127. The number of nitrogens with one attached hydrogen (secondary N) is 1. The summed E-state index contributed by atoms with van der Waals surface area (Å²) >= 11 is 3.86. The van der Waals surface area contributed by atoms with E-state index in [0.717, 1.165) is 39.2 Å². The maximum Gasteiger partial charge on any atom is 0.264 e. The lowest BCUT2D eigenvalue weighted by Crippen LogP contribution is -2.17. The number of thiophene rings is 1. The van der Waals surface area contributed by atoms with Crippen LogP contribution >= 0.6 is 33.9 Å². The van der Waals surface area contributed by atoms with Crippen molar-refractivity contribution in [3.63, 3.8) is 0 Å². The fourth-order valence-corrected chi connectivity index (χ4v) is 4.35. The van der Waals surface area contributed by atoms with Crippen LogP contribution in [-0.4, -0.2) is 9.97 Å². The molecule has 0 atom stereocenters. The van der Waals surface area contributed by atoms with Gasteiger partial charge in [0, 0.05) is 10.8 Å². The predicted octanol–water partition coefficient (Wildman–Crippen LogP) is 4.32. The van der Waals surface area contributed by atoms with Gasteiger partial charge in [-0.25, -0.2) is 4.98 Å². The highest BCUT2D eigenvalue weighted by Gasteiger charge is 2.23. The summed E-state index contributed by atoms with van der Waals surface area (Å²) < 4.78 is 0.769. The zero-order chi connectivity index (χ0) is 14.1. The maximum absolute atomic E-state index is 12.2. The van der Waals surface area contributed by atoms with Gasteiger partial charge in [0.25, 0.3) is 5.56 Å². The Morgan fingerprint density at radius 2 is 2.15 bits per heavy atom. The molecule has 1 N–H and O–H groups in total. The molecule has 20 heavy (non-hydrogen) atoms. The van der Waals surface area contributed by atoms with Crippen LogP contribution in [0.5, 0.6) is 0 Å². The van der Waals surface area contributed by atoms with Gasteiger partial charge >= 0.3 is 0 Å². The van der Waals surface area contributed by atoms with E-state index in [2.05, 4.69) is 46.6 Å². The molecule has 0 saturated heterocycles. The summed E-state index contributed by atoms with van der Waals surface area (Å²) in [6, 6.07) is 4.18. The Morgan fingerprint density at radius 3 is 2.80 bits per heavy atom. The maximum atomic E-state index is 12.2. The summed E-state index contributed by atoms with van der Waals surface area (Å²) in [6.45, 7) is 2.14. The molecular formula is C15H17IN2OS. The smallest absolute Gasteiger partial charge is 0.264 e. The Kier molecular flexibility index (Phi) is 4.26. The third kappa shape index (κ3) is 2.70. The number of H-pyrrole nitrogens is 1. The third-order valence-electron chi connectivity index (χ3n) is 3.87. The van der Waals surface area contributed by atoms with Gasteiger partial charge in [-0.3, -0.25) is 4.79 Å². The summed E-state index contributed by atoms with van der Waals surface area (Å²) in [5.74, 6) is 1.20. The molecule has 2 aromatic rings. The van der Waals surface area contributed by atoms with E-state index >= 15 is 0 Å². The molecule has 0 amide bonds. The molecule has 3 rings (SSSR count). The van der Waals surface area contributed by atoms with E-state index in [1.807, 2.05) is 0 Å². The lowest BCUT2D eigenvalue weighted by molar-refractivity contribution is 0.688. The standard InChI is InChI=1S/C15H17IN2OS/c1-2-10-7-8-11(20-10)14-17-13(9-5-3-4-6-9)12(16)15(19)18-14/h7-9H,2-6H2,1H3,(H,17,18,19). The molecule has 3 nitrogen and oxygen atoms in total. The van der Waals surface area contributed by atoms with Crippen molar-refractivity contribution in [1.82, 2.24) is 9.97 Å². The lowest BCUT2D eigenvalue weighted by atomic mass is 10.0. The lowest BCUT2D eigenvalue weighted by Gasteiger charge is -2.11. The van der Waals surface area contributed by atoms with Crippen molar-refractivity contribution in [2.75, 3.05) is 0 Å². The topological polar surface area (TPSA) is 45.8 Å². The highest BCUT2D eigenvalue weighted by molar-refractivity contribution is 14.1. The van der Waals surface area contributed by atoms with Crippen molar-refractivity contribution in [2.45, 2.75) is 44.9 Å². The molecule has 0 spiro atoms. The second-order valence-corrected chi connectivity index (χ2v) is 7.46. The monoisotopic (exact) mass is 400 g/mol. The second-order valence-electron chi connectivity index (χ2n) is 5.21. The van der Waals surface area contributed by atoms with Gasteiger partial charge in [0.05, 0.1) is 10.6 Å². The SMILES string of the molecule is CCc1ccc(-c2nc(C3CCCC3)c(I)c(=O)[nH]2)s1. The average molecular weight is 400 g/mol. The molecule has 1 aliphatic rings. The van der Waals surface area contributed by atoms with E-state index in [0.29, 0.717) is 5.92 Å². The van der Waals surface area contributed by atoms with Crippen LogP contribution in [0.25, 0.3) is 10.7 Å². The Hall–Kier alpha value is -0.690. The van der Waals surface area contributed by atoms with Gasteiger partial charge in [0.1, 0.15) is 3.57 Å². The van der Waals surface area contributed by atoms with Crippen molar-refractivity contribution < 1.29 is 0 Å². The van der Waals surface area contributed by atoms with E-state index in [9.17, 15) is 4.79 Å². The minimum absolute atomic E-state index is 0.00366. The average Bonchev–Trinajstić information content (AvgIpc) is 3.11. The number of nitrogens with zero attached hydrogens (tertiary/aromatic N) is 1. The third-order valence-corrected chi connectivity index (χ3v) is 6.15. The first kappa shape index (κ1) is 14.3. The van der Waals surface area contributed by atoms with E-state index in [1.165, 1.54) is 17.7 Å². The largest absolute Gasteiger partial charge is 0.305 e. The molecule has 2 heterocycles. The quantitative estimate of drug-likeness (QED) is 0.780. The summed E-state index contributed by atoms with van der Waals surface area (Å²) in [4.78, 5) is 22.3. The molecule has 0 aromatic carbocycles. The first-order valence-electron chi connectivity index (χ1n) is 7.08. The minimum Gasteiger partial charge on any atom is -0.305 e. The van der Waals surface area contributed by atoms with Crippen molar-refractivity contribution >= 4 is 33.9 Å². The highest BCUT2D eigenvalue weighted by Crippen LogP contribution is 2.35. The second kappa shape index (κ2) is 5.97. The van der Waals surface area contributed by atoms with Gasteiger partial charge in [-0.05, 0) is 54.0 Å². The van der Waals surface area contributed by atoms with Gasteiger partial charge in [0.15, 0.2) is 5.82 Å². The van der Waals surface area contributed by atoms with Crippen LogP contribution in [0, 0.1) is 3.57 Å². The Morgan fingerprint density at radius 1 is 1.40 bits per heavy atom. The van der Waals surface area contributed by atoms with Gasteiger partial charge in [-0.2, -0.15) is 0 Å². The van der Waals surface area contributed by atoms with E-state index in [-0.39, 0.29) is 5.56 Å².